The van der Waals surface area contributed by atoms with Crippen molar-refractivity contribution in [1.29, 1.82) is 0 Å². The highest BCUT2D eigenvalue weighted by Gasteiger charge is 2.33. The van der Waals surface area contributed by atoms with Crippen LogP contribution in [0.1, 0.15) is 27.4 Å². The molecule has 0 saturated heterocycles. The maximum atomic E-state index is 13.1. The Morgan fingerprint density at radius 2 is 1.88 bits per heavy atom. The summed E-state index contributed by atoms with van der Waals surface area (Å²) in [5.41, 5.74) is 2.99. The van der Waals surface area contributed by atoms with Crippen LogP contribution in [0.5, 0.6) is 17.2 Å². The highest BCUT2D eigenvalue weighted by atomic mass is 16.5. The number of hydrogen-bond acceptors (Lipinski definition) is 5. The number of Topliss-reactive ketones (excluding diaryl/α,β-unsaturated/α-hetero) is 1. The molecule has 2 heterocycles. The SMILES string of the molecule is COc1cc(C2COc3cc4occc4cc3C2=O)c(OC)cc1C. The summed E-state index contributed by atoms with van der Waals surface area (Å²) in [7, 11) is 3.21. The zero-order chi connectivity index (χ0) is 17.6. The summed E-state index contributed by atoms with van der Waals surface area (Å²) in [6.07, 6.45) is 1.60. The summed E-state index contributed by atoms with van der Waals surface area (Å²) < 4.78 is 22.1. The molecule has 1 atom stereocenters. The van der Waals surface area contributed by atoms with Crippen LogP contribution in [0.15, 0.2) is 41.0 Å². The second-order valence-corrected chi connectivity index (χ2v) is 6.10. The Morgan fingerprint density at radius 1 is 1.08 bits per heavy atom. The van der Waals surface area contributed by atoms with Gasteiger partial charge in [0.15, 0.2) is 5.78 Å². The molecule has 25 heavy (non-hydrogen) atoms. The number of aryl methyl sites for hydroxylation is 1. The Labute approximate surface area is 145 Å². The van der Waals surface area contributed by atoms with Crippen LogP contribution in [0.3, 0.4) is 0 Å². The minimum absolute atomic E-state index is 0.00792. The van der Waals surface area contributed by atoms with E-state index >= 15 is 0 Å². The summed E-state index contributed by atoms with van der Waals surface area (Å²) in [5, 5.41) is 0.879. The van der Waals surface area contributed by atoms with Crippen molar-refractivity contribution < 1.29 is 23.4 Å². The number of benzene rings is 2. The maximum absolute atomic E-state index is 13.1. The quantitative estimate of drug-likeness (QED) is 0.719. The van der Waals surface area contributed by atoms with Crippen molar-refractivity contribution in [1.82, 2.24) is 0 Å². The molecule has 0 fully saturated rings. The molecule has 1 aromatic heterocycles. The zero-order valence-corrected chi connectivity index (χ0v) is 14.3. The number of furan rings is 1. The normalized spacial score (nSPS) is 16.4. The number of ether oxygens (including phenoxy) is 3. The summed E-state index contributed by atoms with van der Waals surface area (Å²) in [6.45, 7) is 2.19. The van der Waals surface area contributed by atoms with E-state index in [0.717, 1.165) is 22.3 Å². The molecule has 1 unspecified atom stereocenters. The van der Waals surface area contributed by atoms with Gasteiger partial charge in [0.2, 0.25) is 0 Å². The topological polar surface area (TPSA) is 57.9 Å². The largest absolute Gasteiger partial charge is 0.496 e. The van der Waals surface area contributed by atoms with Gasteiger partial charge in [-0.3, -0.25) is 4.79 Å². The lowest BCUT2D eigenvalue weighted by atomic mass is 9.87. The smallest absolute Gasteiger partial charge is 0.177 e. The average molecular weight is 338 g/mol. The molecule has 0 spiro atoms. The number of hydrogen-bond donors (Lipinski definition) is 0. The van der Waals surface area contributed by atoms with E-state index in [2.05, 4.69) is 0 Å². The molecule has 4 rings (SSSR count). The number of rotatable bonds is 3. The second-order valence-electron chi connectivity index (χ2n) is 6.10. The van der Waals surface area contributed by atoms with Crippen LogP contribution >= 0.6 is 0 Å². The lowest BCUT2D eigenvalue weighted by molar-refractivity contribution is 0.0894. The number of methoxy groups -OCH3 is 2. The van der Waals surface area contributed by atoms with Crippen molar-refractivity contribution in [2.24, 2.45) is 0 Å². The first-order valence-corrected chi connectivity index (χ1v) is 8.03. The standard InChI is InChI=1S/C20H18O5/c1-11-6-18(23-3)13(8-16(11)22-2)15-10-25-19-9-17-12(4-5-24-17)7-14(19)20(15)21/h4-9,15H,10H2,1-3H3. The lowest BCUT2D eigenvalue weighted by Crippen LogP contribution is -2.26. The van der Waals surface area contributed by atoms with Crippen molar-refractivity contribution in [3.8, 4) is 17.2 Å². The lowest BCUT2D eigenvalue weighted by Gasteiger charge is -2.26. The van der Waals surface area contributed by atoms with Crippen LogP contribution in [0.2, 0.25) is 0 Å². The molecule has 1 aliphatic heterocycles. The van der Waals surface area contributed by atoms with Gasteiger partial charge in [0.1, 0.15) is 29.4 Å². The molecular weight excluding hydrogens is 320 g/mol. The molecule has 5 nitrogen and oxygen atoms in total. The minimum atomic E-state index is -0.443. The summed E-state index contributed by atoms with van der Waals surface area (Å²) >= 11 is 0. The van der Waals surface area contributed by atoms with E-state index in [9.17, 15) is 4.79 Å². The van der Waals surface area contributed by atoms with Crippen LogP contribution in [0, 0.1) is 6.92 Å². The Balaban J connectivity index is 1.81. The van der Waals surface area contributed by atoms with Gasteiger partial charge in [-0.2, -0.15) is 0 Å². The van der Waals surface area contributed by atoms with Crippen LogP contribution in [-0.2, 0) is 0 Å². The van der Waals surface area contributed by atoms with Gasteiger partial charge in [-0.15, -0.1) is 0 Å². The first-order valence-electron chi connectivity index (χ1n) is 8.03. The van der Waals surface area contributed by atoms with E-state index in [1.165, 1.54) is 0 Å². The third-order valence-electron chi connectivity index (χ3n) is 4.66. The molecule has 0 amide bonds. The van der Waals surface area contributed by atoms with E-state index in [4.69, 9.17) is 18.6 Å². The predicted molar refractivity (Wildman–Crippen MR) is 93.1 cm³/mol. The van der Waals surface area contributed by atoms with Crippen molar-refractivity contribution in [2.75, 3.05) is 20.8 Å². The molecule has 1 aliphatic rings. The Morgan fingerprint density at radius 3 is 2.64 bits per heavy atom. The fourth-order valence-electron chi connectivity index (χ4n) is 3.32. The zero-order valence-electron chi connectivity index (χ0n) is 14.3. The van der Waals surface area contributed by atoms with Gasteiger partial charge in [0, 0.05) is 17.0 Å². The highest BCUT2D eigenvalue weighted by molar-refractivity contribution is 6.07. The van der Waals surface area contributed by atoms with Crippen LogP contribution in [0.25, 0.3) is 11.0 Å². The number of carbonyl (C=O) groups excluding carboxylic acids is 1. The molecule has 0 bridgehead atoms. The monoisotopic (exact) mass is 338 g/mol. The first kappa shape index (κ1) is 15.6. The molecule has 0 saturated carbocycles. The summed E-state index contributed by atoms with van der Waals surface area (Å²) in [4.78, 5) is 13.1. The predicted octanol–water partition coefficient (Wildman–Crippen LogP) is 4.12. The van der Waals surface area contributed by atoms with Crippen molar-refractivity contribution in [2.45, 2.75) is 12.8 Å². The molecule has 0 N–H and O–H groups in total. The van der Waals surface area contributed by atoms with Crippen LogP contribution < -0.4 is 14.2 Å². The average Bonchev–Trinajstić information content (AvgIpc) is 3.08. The fourth-order valence-corrected chi connectivity index (χ4v) is 3.32. The van der Waals surface area contributed by atoms with Gasteiger partial charge in [0.05, 0.1) is 32.0 Å². The van der Waals surface area contributed by atoms with E-state index < -0.39 is 5.92 Å². The molecule has 5 heteroatoms. The van der Waals surface area contributed by atoms with E-state index in [0.29, 0.717) is 22.6 Å². The van der Waals surface area contributed by atoms with Crippen molar-refractivity contribution in [3.63, 3.8) is 0 Å². The van der Waals surface area contributed by atoms with Gasteiger partial charge < -0.3 is 18.6 Å². The van der Waals surface area contributed by atoms with Crippen LogP contribution in [0.4, 0.5) is 0 Å². The Kier molecular flexibility index (Phi) is 3.64. The maximum Gasteiger partial charge on any atom is 0.177 e. The van der Waals surface area contributed by atoms with Crippen molar-refractivity contribution in [3.05, 3.63) is 53.3 Å². The number of carbonyl (C=O) groups is 1. The van der Waals surface area contributed by atoms with E-state index in [-0.39, 0.29) is 12.4 Å². The molecule has 128 valence electrons. The molecule has 0 radical (unpaired) electrons. The van der Waals surface area contributed by atoms with Gasteiger partial charge in [0.25, 0.3) is 0 Å². The second kappa shape index (κ2) is 5.84. The van der Waals surface area contributed by atoms with Gasteiger partial charge in [-0.1, -0.05) is 0 Å². The van der Waals surface area contributed by atoms with E-state index in [1.54, 1.807) is 26.5 Å². The van der Waals surface area contributed by atoms with Crippen molar-refractivity contribution >= 4 is 16.8 Å². The highest BCUT2D eigenvalue weighted by Crippen LogP contribution is 2.40. The van der Waals surface area contributed by atoms with Gasteiger partial charge >= 0.3 is 0 Å². The molecular formula is C20H18O5. The molecule has 3 aromatic rings. The third-order valence-corrected chi connectivity index (χ3v) is 4.66. The van der Waals surface area contributed by atoms with Gasteiger partial charge in [-0.05, 0) is 36.8 Å². The van der Waals surface area contributed by atoms with Gasteiger partial charge in [-0.25, -0.2) is 0 Å². The molecule has 0 aliphatic carbocycles. The van der Waals surface area contributed by atoms with E-state index in [1.807, 2.05) is 31.2 Å². The Bertz CT molecular complexity index is 970. The number of fused-ring (bicyclic) bond motifs is 2. The first-order chi connectivity index (χ1) is 12.1. The molecule has 2 aromatic carbocycles. The fraction of sp³-hybridized carbons (Fsp3) is 0.250. The summed E-state index contributed by atoms with van der Waals surface area (Å²) in [6, 6.07) is 9.17. The Hall–Kier alpha value is -2.95. The number of ketones is 1. The summed E-state index contributed by atoms with van der Waals surface area (Å²) in [5.74, 6) is 1.50. The van der Waals surface area contributed by atoms with Crippen LogP contribution in [-0.4, -0.2) is 26.6 Å². The third kappa shape index (κ3) is 2.43. The minimum Gasteiger partial charge on any atom is -0.496 e.